The van der Waals surface area contributed by atoms with Gasteiger partial charge in [-0.3, -0.25) is 4.68 Å². The van der Waals surface area contributed by atoms with Crippen LogP contribution < -0.4 is 5.32 Å². The fourth-order valence-corrected chi connectivity index (χ4v) is 2.24. The maximum absolute atomic E-state index is 10.8. The highest BCUT2D eigenvalue weighted by atomic mass is 32.1. The van der Waals surface area contributed by atoms with Gasteiger partial charge in [0.25, 0.3) is 0 Å². The zero-order valence-corrected chi connectivity index (χ0v) is 11.2. The van der Waals surface area contributed by atoms with Crippen LogP contribution in [0.3, 0.4) is 0 Å². The summed E-state index contributed by atoms with van der Waals surface area (Å²) in [6, 6.07) is 0. The van der Waals surface area contributed by atoms with Crippen LogP contribution in [0.15, 0.2) is 12.4 Å². The van der Waals surface area contributed by atoms with Crippen LogP contribution in [0, 0.1) is 0 Å². The molecule has 0 unspecified atom stereocenters. The standard InChI is InChI=1S/C11H14N4O2S/c1-6(2)9-7(5-15(3)14-9)13-11-12-4-8(18-11)10(16)17/h4-6H,1-3H3,(H,12,13)(H,16,17). The van der Waals surface area contributed by atoms with Crippen molar-refractivity contribution in [3.05, 3.63) is 23.0 Å². The van der Waals surface area contributed by atoms with Crippen molar-refractivity contribution in [3.63, 3.8) is 0 Å². The van der Waals surface area contributed by atoms with Crippen molar-refractivity contribution < 1.29 is 9.90 Å². The first-order chi connectivity index (χ1) is 8.47. The monoisotopic (exact) mass is 266 g/mol. The average molecular weight is 266 g/mol. The van der Waals surface area contributed by atoms with E-state index < -0.39 is 5.97 Å². The number of aryl methyl sites for hydroxylation is 1. The summed E-state index contributed by atoms with van der Waals surface area (Å²) in [5.74, 6) is -0.677. The van der Waals surface area contributed by atoms with E-state index in [1.54, 1.807) is 4.68 Å². The number of thiazole rings is 1. The molecule has 0 atom stereocenters. The van der Waals surface area contributed by atoms with E-state index in [-0.39, 0.29) is 10.8 Å². The molecule has 7 heteroatoms. The first kappa shape index (κ1) is 12.6. The normalized spacial score (nSPS) is 10.9. The Morgan fingerprint density at radius 1 is 1.56 bits per heavy atom. The van der Waals surface area contributed by atoms with Crippen molar-refractivity contribution >= 4 is 28.1 Å². The summed E-state index contributed by atoms with van der Waals surface area (Å²) in [5, 5.41) is 16.9. The lowest BCUT2D eigenvalue weighted by Crippen LogP contribution is -1.96. The number of hydrogen-bond donors (Lipinski definition) is 2. The first-order valence-corrected chi connectivity index (χ1v) is 6.28. The number of carbonyl (C=O) groups is 1. The number of nitrogens with zero attached hydrogens (tertiary/aromatic N) is 3. The van der Waals surface area contributed by atoms with Crippen molar-refractivity contribution in [3.8, 4) is 0 Å². The van der Waals surface area contributed by atoms with E-state index in [4.69, 9.17) is 5.11 Å². The first-order valence-electron chi connectivity index (χ1n) is 5.47. The van der Waals surface area contributed by atoms with Crippen LogP contribution in [0.2, 0.25) is 0 Å². The maximum atomic E-state index is 10.8. The lowest BCUT2D eigenvalue weighted by Gasteiger charge is -2.04. The molecule has 18 heavy (non-hydrogen) atoms. The van der Waals surface area contributed by atoms with Crippen molar-refractivity contribution in [2.75, 3.05) is 5.32 Å². The highest BCUT2D eigenvalue weighted by Gasteiger charge is 2.14. The minimum absolute atomic E-state index is 0.215. The number of nitrogens with one attached hydrogen (secondary N) is 1. The molecule has 2 rings (SSSR count). The molecule has 2 aromatic heterocycles. The molecule has 2 aromatic rings. The summed E-state index contributed by atoms with van der Waals surface area (Å²) in [6.45, 7) is 4.11. The molecule has 0 aliphatic rings. The number of anilines is 2. The third kappa shape index (κ3) is 2.51. The Bertz CT molecular complexity index is 573. The third-order valence-electron chi connectivity index (χ3n) is 2.36. The number of hydrogen-bond acceptors (Lipinski definition) is 5. The van der Waals surface area contributed by atoms with Gasteiger partial charge in [-0.15, -0.1) is 0 Å². The predicted molar refractivity (Wildman–Crippen MR) is 69.7 cm³/mol. The van der Waals surface area contributed by atoms with Gasteiger partial charge in [0, 0.05) is 13.2 Å². The van der Waals surface area contributed by atoms with E-state index in [2.05, 4.69) is 29.2 Å². The van der Waals surface area contributed by atoms with E-state index in [1.807, 2.05) is 13.2 Å². The second kappa shape index (κ2) is 4.77. The minimum Gasteiger partial charge on any atom is -0.477 e. The average Bonchev–Trinajstić information content (AvgIpc) is 2.86. The molecule has 2 N–H and O–H groups in total. The fraction of sp³-hybridized carbons (Fsp3) is 0.364. The molecule has 0 aromatic carbocycles. The van der Waals surface area contributed by atoms with Crippen LogP contribution in [0.4, 0.5) is 10.8 Å². The second-order valence-corrected chi connectivity index (χ2v) is 5.25. The summed E-state index contributed by atoms with van der Waals surface area (Å²) >= 11 is 1.11. The molecule has 0 amide bonds. The summed E-state index contributed by atoms with van der Waals surface area (Å²) in [7, 11) is 1.85. The highest BCUT2D eigenvalue weighted by molar-refractivity contribution is 7.17. The molecule has 0 aliphatic carbocycles. The van der Waals surface area contributed by atoms with Gasteiger partial charge in [-0.1, -0.05) is 25.2 Å². The highest BCUT2D eigenvalue weighted by Crippen LogP contribution is 2.27. The van der Waals surface area contributed by atoms with E-state index in [9.17, 15) is 4.79 Å². The Hall–Kier alpha value is -1.89. The van der Waals surface area contributed by atoms with Gasteiger partial charge in [-0.2, -0.15) is 5.10 Å². The van der Waals surface area contributed by atoms with Crippen molar-refractivity contribution in [1.29, 1.82) is 0 Å². The fourth-order valence-electron chi connectivity index (χ4n) is 1.57. The van der Waals surface area contributed by atoms with Gasteiger partial charge in [-0.05, 0) is 5.92 Å². The quantitative estimate of drug-likeness (QED) is 0.888. The summed E-state index contributed by atoms with van der Waals surface area (Å²) in [5.41, 5.74) is 1.79. The van der Waals surface area contributed by atoms with Crippen molar-refractivity contribution in [1.82, 2.24) is 14.8 Å². The zero-order valence-electron chi connectivity index (χ0n) is 10.3. The SMILES string of the molecule is CC(C)c1nn(C)cc1Nc1ncc(C(=O)O)s1. The minimum atomic E-state index is -0.962. The van der Waals surface area contributed by atoms with Gasteiger partial charge < -0.3 is 10.4 Å². The molecule has 0 saturated carbocycles. The van der Waals surface area contributed by atoms with Crippen LogP contribution >= 0.6 is 11.3 Å². The van der Waals surface area contributed by atoms with Gasteiger partial charge in [0.1, 0.15) is 4.88 Å². The van der Waals surface area contributed by atoms with E-state index in [1.165, 1.54) is 6.20 Å². The molecule has 0 radical (unpaired) electrons. The van der Waals surface area contributed by atoms with Gasteiger partial charge in [0.05, 0.1) is 17.6 Å². The smallest absolute Gasteiger partial charge is 0.347 e. The Morgan fingerprint density at radius 2 is 2.28 bits per heavy atom. The molecule has 6 nitrogen and oxygen atoms in total. The maximum Gasteiger partial charge on any atom is 0.347 e. The Kier molecular flexibility index (Phi) is 3.33. The molecule has 96 valence electrons. The Labute approximate surface area is 108 Å². The van der Waals surface area contributed by atoms with Gasteiger partial charge in [0.15, 0.2) is 5.13 Å². The molecule has 0 fully saturated rings. The van der Waals surface area contributed by atoms with Crippen molar-refractivity contribution in [2.24, 2.45) is 7.05 Å². The van der Waals surface area contributed by atoms with Crippen molar-refractivity contribution in [2.45, 2.75) is 19.8 Å². The number of aromatic nitrogens is 3. The molecule has 0 bridgehead atoms. The van der Waals surface area contributed by atoms with Crippen LogP contribution in [-0.2, 0) is 7.05 Å². The summed E-state index contributed by atoms with van der Waals surface area (Å²) in [6.07, 6.45) is 3.21. The van der Waals surface area contributed by atoms with Gasteiger partial charge in [0.2, 0.25) is 0 Å². The van der Waals surface area contributed by atoms with Crippen LogP contribution in [-0.4, -0.2) is 25.8 Å². The Balaban J connectivity index is 2.25. The van der Waals surface area contributed by atoms with Gasteiger partial charge >= 0.3 is 5.97 Å². The Morgan fingerprint density at radius 3 is 2.83 bits per heavy atom. The number of rotatable bonds is 4. The zero-order chi connectivity index (χ0) is 13.3. The summed E-state index contributed by atoms with van der Waals surface area (Å²) < 4.78 is 1.73. The molecule has 0 aliphatic heterocycles. The molecule has 0 saturated heterocycles. The topological polar surface area (TPSA) is 80.0 Å². The molecule has 2 heterocycles. The third-order valence-corrected chi connectivity index (χ3v) is 3.26. The second-order valence-electron chi connectivity index (χ2n) is 4.22. The predicted octanol–water partition coefficient (Wildman–Crippen LogP) is 2.44. The number of carboxylic acid groups (broad SMARTS) is 1. The number of carboxylic acids is 1. The lowest BCUT2D eigenvalue weighted by atomic mass is 10.1. The van der Waals surface area contributed by atoms with Crippen LogP contribution in [0.1, 0.15) is 35.1 Å². The number of aromatic carboxylic acids is 1. The van der Waals surface area contributed by atoms with E-state index in [0.717, 1.165) is 22.7 Å². The van der Waals surface area contributed by atoms with E-state index in [0.29, 0.717) is 5.13 Å². The van der Waals surface area contributed by atoms with E-state index >= 15 is 0 Å². The van der Waals surface area contributed by atoms with Crippen LogP contribution in [0.5, 0.6) is 0 Å². The molecule has 0 spiro atoms. The van der Waals surface area contributed by atoms with Crippen LogP contribution in [0.25, 0.3) is 0 Å². The lowest BCUT2D eigenvalue weighted by molar-refractivity contribution is 0.0702. The summed E-state index contributed by atoms with van der Waals surface area (Å²) in [4.78, 5) is 15.0. The molecular formula is C11H14N4O2S. The molecular weight excluding hydrogens is 252 g/mol. The van der Waals surface area contributed by atoms with Gasteiger partial charge in [-0.25, -0.2) is 9.78 Å². The largest absolute Gasteiger partial charge is 0.477 e.